The minimum absolute atomic E-state index is 0.300. The fraction of sp³-hybridized carbons (Fsp3) is 0.379. The smallest absolute Gasteiger partial charge is 0.274 e. The molecule has 1 aromatic heterocycles. The second-order valence-corrected chi connectivity index (χ2v) is 9.24. The first kappa shape index (κ1) is 26.4. The molecule has 196 valence electrons. The molecule has 37 heavy (non-hydrogen) atoms. The number of benzene rings is 2. The number of aromatic nitrogens is 1. The van der Waals surface area contributed by atoms with Crippen LogP contribution in [0.3, 0.4) is 0 Å². The molecule has 1 aliphatic heterocycles. The van der Waals surface area contributed by atoms with Crippen molar-refractivity contribution in [2.24, 2.45) is 0 Å². The van der Waals surface area contributed by atoms with Gasteiger partial charge in [-0.15, -0.1) is 0 Å². The van der Waals surface area contributed by atoms with Crippen molar-refractivity contribution in [3.63, 3.8) is 0 Å². The Hall–Kier alpha value is -3.62. The van der Waals surface area contributed by atoms with Gasteiger partial charge in [0.25, 0.3) is 5.91 Å². The van der Waals surface area contributed by atoms with Crippen LogP contribution < -0.4 is 20.4 Å². The highest BCUT2D eigenvalue weighted by atomic mass is 16.6. The molecule has 0 aliphatic carbocycles. The van der Waals surface area contributed by atoms with Gasteiger partial charge >= 0.3 is 0 Å². The van der Waals surface area contributed by atoms with Gasteiger partial charge in [0.2, 0.25) is 0 Å². The number of nitrogens with zero attached hydrogens (tertiary/aromatic N) is 3. The van der Waals surface area contributed by atoms with Crippen molar-refractivity contribution in [3.8, 4) is 5.75 Å². The Bertz CT molecular complexity index is 1170. The van der Waals surface area contributed by atoms with Crippen LogP contribution >= 0.6 is 0 Å². The summed E-state index contributed by atoms with van der Waals surface area (Å²) < 4.78 is 5.48. The molecule has 1 saturated heterocycles. The maximum atomic E-state index is 12.2. The molecule has 0 bridgehead atoms. The number of aryl methyl sites for hydroxylation is 2. The molecule has 0 saturated carbocycles. The monoisotopic (exact) mass is 503 g/mol. The van der Waals surface area contributed by atoms with Crippen LogP contribution in [0.4, 0.5) is 17.2 Å². The molecule has 4 rings (SSSR count). The fourth-order valence-corrected chi connectivity index (χ4v) is 4.65. The topological polar surface area (TPSA) is 79.0 Å². The highest BCUT2D eigenvalue weighted by Gasteiger charge is 2.16. The summed E-state index contributed by atoms with van der Waals surface area (Å²) in [5.74, 6) is 1.20. The maximum Gasteiger partial charge on any atom is 0.274 e. The summed E-state index contributed by atoms with van der Waals surface area (Å²) >= 11 is 0. The van der Waals surface area contributed by atoms with E-state index in [0.29, 0.717) is 11.3 Å². The van der Waals surface area contributed by atoms with Crippen molar-refractivity contribution in [3.05, 3.63) is 77.0 Å². The number of pyridine rings is 1. The number of piperazine rings is 1. The van der Waals surface area contributed by atoms with Crippen molar-refractivity contribution < 1.29 is 14.4 Å². The van der Waals surface area contributed by atoms with E-state index in [9.17, 15) is 4.79 Å². The van der Waals surface area contributed by atoms with Crippen LogP contribution in [-0.4, -0.2) is 62.7 Å². The van der Waals surface area contributed by atoms with E-state index in [1.54, 1.807) is 13.2 Å². The van der Waals surface area contributed by atoms with Gasteiger partial charge in [-0.1, -0.05) is 13.0 Å². The van der Waals surface area contributed by atoms with E-state index in [0.717, 1.165) is 73.8 Å². The van der Waals surface area contributed by atoms with Gasteiger partial charge in [0.1, 0.15) is 11.6 Å². The minimum atomic E-state index is -0.300. The van der Waals surface area contributed by atoms with Gasteiger partial charge in [-0.3, -0.25) is 9.63 Å². The number of ether oxygens (including phenoxy) is 1. The molecule has 1 amide bonds. The zero-order valence-electron chi connectivity index (χ0n) is 22.2. The summed E-state index contributed by atoms with van der Waals surface area (Å²) in [4.78, 5) is 26.6. The largest absolute Gasteiger partial charge is 0.496 e. The zero-order chi connectivity index (χ0) is 26.2. The van der Waals surface area contributed by atoms with Crippen LogP contribution in [0.1, 0.15) is 34.0 Å². The Morgan fingerprint density at radius 2 is 1.76 bits per heavy atom. The summed E-state index contributed by atoms with van der Waals surface area (Å²) in [6.45, 7) is 9.73. The summed E-state index contributed by atoms with van der Waals surface area (Å²) in [6.07, 6.45) is 3.46. The van der Waals surface area contributed by atoms with E-state index >= 15 is 0 Å². The quantitative estimate of drug-likeness (QED) is 0.398. The van der Waals surface area contributed by atoms with Crippen LogP contribution in [0.2, 0.25) is 0 Å². The molecule has 0 unspecified atom stereocenters. The molecule has 2 heterocycles. The second-order valence-electron chi connectivity index (χ2n) is 9.24. The van der Waals surface area contributed by atoms with Gasteiger partial charge in [-0.05, 0) is 85.5 Å². The molecule has 0 radical (unpaired) electrons. The number of hydrogen-bond acceptors (Lipinski definition) is 7. The number of hydrogen-bond donors (Lipinski definition) is 2. The van der Waals surface area contributed by atoms with Crippen molar-refractivity contribution in [1.29, 1.82) is 0 Å². The Morgan fingerprint density at radius 1 is 1.00 bits per heavy atom. The van der Waals surface area contributed by atoms with Crippen molar-refractivity contribution in [2.75, 3.05) is 57.2 Å². The predicted octanol–water partition coefficient (Wildman–Crippen LogP) is 4.36. The average Bonchev–Trinajstić information content (AvgIpc) is 2.94. The lowest BCUT2D eigenvalue weighted by atomic mass is 9.97. The third-order valence-electron chi connectivity index (χ3n) is 6.98. The lowest BCUT2D eigenvalue weighted by Gasteiger charge is -2.35. The lowest BCUT2D eigenvalue weighted by Crippen LogP contribution is -2.46. The minimum Gasteiger partial charge on any atom is -0.496 e. The zero-order valence-corrected chi connectivity index (χ0v) is 22.2. The van der Waals surface area contributed by atoms with Crippen LogP contribution in [-0.2, 0) is 17.7 Å². The highest BCUT2D eigenvalue weighted by molar-refractivity contribution is 5.94. The van der Waals surface area contributed by atoms with E-state index in [2.05, 4.69) is 62.8 Å². The van der Waals surface area contributed by atoms with E-state index in [1.807, 2.05) is 25.3 Å². The summed E-state index contributed by atoms with van der Waals surface area (Å²) in [5.41, 5.74) is 8.36. The van der Waals surface area contributed by atoms with Crippen molar-refractivity contribution in [2.45, 2.75) is 26.7 Å². The standard InChI is InChI=1S/C29H37N5O3/c1-5-33-14-16-34(17-15-33)26-11-9-25(10-12-26)31-28-13-7-22(20-30-28)6-8-23-18-24(29(35)32-37-4)19-27(36-3)21(23)2/h7,9-13,18-20H,5-6,8,14-17H2,1-4H3,(H,30,31)(H,32,35). The number of anilines is 3. The second kappa shape index (κ2) is 12.6. The number of amides is 1. The number of likely N-dealkylation sites (N-methyl/N-ethyl adjacent to an activating group) is 1. The van der Waals surface area contributed by atoms with Gasteiger partial charge in [-0.2, -0.15) is 0 Å². The first-order valence-electron chi connectivity index (χ1n) is 12.8. The molecule has 1 aliphatic rings. The number of methoxy groups -OCH3 is 1. The number of carbonyl (C=O) groups excluding carboxylic acids is 1. The van der Waals surface area contributed by atoms with Crippen LogP contribution in [0, 0.1) is 6.92 Å². The molecular weight excluding hydrogens is 466 g/mol. The van der Waals surface area contributed by atoms with Crippen LogP contribution in [0.15, 0.2) is 54.7 Å². The van der Waals surface area contributed by atoms with Gasteiger partial charge in [0, 0.05) is 49.3 Å². The molecule has 2 aromatic carbocycles. The molecule has 8 nitrogen and oxygen atoms in total. The SMILES string of the molecule is CCN1CCN(c2ccc(Nc3ccc(CCc4cc(C(=O)NOC)cc(OC)c4C)cn3)cc2)CC1. The van der Waals surface area contributed by atoms with E-state index < -0.39 is 0 Å². The van der Waals surface area contributed by atoms with Gasteiger partial charge in [-0.25, -0.2) is 10.5 Å². The highest BCUT2D eigenvalue weighted by Crippen LogP contribution is 2.26. The van der Waals surface area contributed by atoms with Crippen LogP contribution in [0.25, 0.3) is 0 Å². The Balaban J connectivity index is 1.35. The van der Waals surface area contributed by atoms with Crippen molar-refractivity contribution >= 4 is 23.1 Å². The fourth-order valence-electron chi connectivity index (χ4n) is 4.65. The summed E-state index contributed by atoms with van der Waals surface area (Å²) in [5, 5.41) is 3.40. The predicted molar refractivity (Wildman–Crippen MR) is 148 cm³/mol. The van der Waals surface area contributed by atoms with Crippen LogP contribution in [0.5, 0.6) is 5.75 Å². The maximum absolute atomic E-state index is 12.2. The lowest BCUT2D eigenvalue weighted by molar-refractivity contribution is 0.0537. The van der Waals surface area contributed by atoms with Gasteiger partial charge in [0.15, 0.2) is 0 Å². The Morgan fingerprint density at radius 3 is 2.38 bits per heavy atom. The van der Waals surface area contributed by atoms with E-state index in [4.69, 9.17) is 9.57 Å². The van der Waals surface area contributed by atoms with Crippen molar-refractivity contribution in [1.82, 2.24) is 15.4 Å². The van der Waals surface area contributed by atoms with Gasteiger partial charge < -0.3 is 19.9 Å². The average molecular weight is 504 g/mol. The molecule has 0 spiro atoms. The molecule has 8 heteroatoms. The number of nitrogens with one attached hydrogen (secondary N) is 2. The molecule has 3 aromatic rings. The van der Waals surface area contributed by atoms with Gasteiger partial charge in [0.05, 0.1) is 14.2 Å². The third-order valence-corrected chi connectivity index (χ3v) is 6.98. The molecular formula is C29H37N5O3. The van der Waals surface area contributed by atoms with E-state index in [1.165, 1.54) is 12.8 Å². The number of hydroxylamine groups is 1. The first-order chi connectivity index (χ1) is 18.0. The molecule has 1 fully saturated rings. The molecule has 2 N–H and O–H groups in total. The third kappa shape index (κ3) is 6.78. The first-order valence-corrected chi connectivity index (χ1v) is 12.8. The number of carbonyl (C=O) groups is 1. The Kier molecular flexibility index (Phi) is 8.98. The molecule has 0 atom stereocenters. The normalized spacial score (nSPS) is 13.9. The number of rotatable bonds is 10. The summed E-state index contributed by atoms with van der Waals surface area (Å²) in [7, 11) is 3.03. The van der Waals surface area contributed by atoms with E-state index in [-0.39, 0.29) is 5.91 Å². The summed E-state index contributed by atoms with van der Waals surface area (Å²) in [6, 6.07) is 16.3. The Labute approximate surface area is 219 Å².